The Bertz CT molecular complexity index is 639. The molecule has 3 nitrogen and oxygen atoms in total. The summed E-state index contributed by atoms with van der Waals surface area (Å²) in [6.07, 6.45) is 9.38. The Balaban J connectivity index is 1.51. The predicted octanol–water partition coefficient (Wildman–Crippen LogP) is 3.75. The van der Waals surface area contributed by atoms with Crippen molar-refractivity contribution in [1.82, 2.24) is 0 Å². The molecule has 5 aliphatic rings. The third-order valence-corrected chi connectivity index (χ3v) is 9.28. The van der Waals surface area contributed by atoms with E-state index in [1.165, 1.54) is 31.3 Å². The van der Waals surface area contributed by atoms with E-state index in [2.05, 4.69) is 20.8 Å². The minimum Gasteiger partial charge on any atom is -0.396 e. The Morgan fingerprint density at radius 3 is 2.80 bits per heavy atom. The largest absolute Gasteiger partial charge is 0.396 e. The number of rotatable bonds is 2. The maximum atomic E-state index is 12.0. The highest BCUT2D eigenvalue weighted by molar-refractivity contribution is 5.92. The van der Waals surface area contributed by atoms with E-state index in [1.54, 1.807) is 0 Å². The zero-order valence-corrected chi connectivity index (χ0v) is 15.8. The fourth-order valence-electron chi connectivity index (χ4n) is 7.91. The maximum absolute atomic E-state index is 12.0. The van der Waals surface area contributed by atoms with Crippen LogP contribution in [0.25, 0.3) is 0 Å². The van der Waals surface area contributed by atoms with E-state index in [0.717, 1.165) is 12.3 Å². The van der Waals surface area contributed by atoms with Crippen LogP contribution < -0.4 is 0 Å². The second-order valence-electron chi connectivity index (χ2n) is 10.2. The molecule has 25 heavy (non-hydrogen) atoms. The number of hydrogen-bond donors (Lipinski definition) is 1. The monoisotopic (exact) mass is 344 g/mol. The molecule has 1 saturated heterocycles. The van der Waals surface area contributed by atoms with Gasteiger partial charge >= 0.3 is 0 Å². The van der Waals surface area contributed by atoms with Gasteiger partial charge in [-0.25, -0.2) is 0 Å². The molecule has 1 heterocycles. The van der Waals surface area contributed by atoms with Gasteiger partial charge in [0.2, 0.25) is 0 Å². The van der Waals surface area contributed by atoms with Crippen LogP contribution in [0.5, 0.6) is 0 Å². The van der Waals surface area contributed by atoms with Crippen LogP contribution in [0, 0.1) is 40.4 Å². The summed E-state index contributed by atoms with van der Waals surface area (Å²) < 4.78 is 6.24. The molecule has 1 N–H and O–H groups in total. The van der Waals surface area contributed by atoms with Gasteiger partial charge in [-0.3, -0.25) is 4.79 Å². The highest BCUT2D eigenvalue weighted by atomic mass is 16.6. The van der Waals surface area contributed by atoms with Gasteiger partial charge in [-0.15, -0.1) is 0 Å². The summed E-state index contributed by atoms with van der Waals surface area (Å²) >= 11 is 0. The molecule has 4 aliphatic carbocycles. The molecule has 0 bridgehead atoms. The van der Waals surface area contributed by atoms with Crippen molar-refractivity contribution in [2.24, 2.45) is 40.4 Å². The van der Waals surface area contributed by atoms with Crippen LogP contribution >= 0.6 is 0 Å². The molecule has 0 unspecified atom stereocenters. The van der Waals surface area contributed by atoms with E-state index in [-0.39, 0.29) is 11.5 Å². The standard InChI is InChI=1S/C22H32O3/c1-12(11-23)14-4-5-15-18-16(7-9-21(14,15)2)22(3)8-6-13(24)10-17(22)19-20(18)25-19/h10,12,14-16,18-20,23H,4-9,11H2,1-3H3/t12-,14-,15+,16+,18+,19-,20+,21-,22-/m1/s1. The lowest BCUT2D eigenvalue weighted by atomic mass is 9.46. The van der Waals surface area contributed by atoms with E-state index in [4.69, 9.17) is 4.74 Å². The smallest absolute Gasteiger partial charge is 0.155 e. The van der Waals surface area contributed by atoms with Crippen LogP contribution in [-0.4, -0.2) is 29.7 Å². The molecule has 0 amide bonds. The maximum Gasteiger partial charge on any atom is 0.155 e. The number of carbonyl (C=O) groups is 1. The molecule has 0 aromatic rings. The molecular weight excluding hydrogens is 312 g/mol. The van der Waals surface area contributed by atoms with E-state index in [0.29, 0.717) is 54.0 Å². The topological polar surface area (TPSA) is 49.8 Å². The van der Waals surface area contributed by atoms with Gasteiger partial charge in [0.05, 0.1) is 6.10 Å². The summed E-state index contributed by atoms with van der Waals surface area (Å²) in [6, 6.07) is 0. The van der Waals surface area contributed by atoms with Crippen LogP contribution in [0.15, 0.2) is 11.6 Å². The van der Waals surface area contributed by atoms with Gasteiger partial charge in [-0.05, 0) is 84.2 Å². The first-order valence-electron chi connectivity index (χ1n) is 10.4. The summed E-state index contributed by atoms with van der Waals surface area (Å²) in [6.45, 7) is 7.48. The number of aliphatic hydroxyl groups excluding tert-OH is 1. The van der Waals surface area contributed by atoms with E-state index in [1.807, 2.05) is 6.08 Å². The lowest BCUT2D eigenvalue weighted by Crippen LogP contribution is -2.53. The first-order valence-corrected chi connectivity index (χ1v) is 10.4. The number of ketones is 1. The molecule has 1 aliphatic heterocycles. The van der Waals surface area contributed by atoms with Gasteiger partial charge in [-0.1, -0.05) is 20.8 Å². The lowest BCUT2D eigenvalue weighted by Gasteiger charge is -2.57. The predicted molar refractivity (Wildman–Crippen MR) is 95.9 cm³/mol. The average Bonchev–Trinajstić information content (AvgIpc) is 3.30. The lowest BCUT2D eigenvalue weighted by molar-refractivity contribution is -0.117. The molecule has 3 heteroatoms. The third-order valence-electron chi connectivity index (χ3n) is 9.28. The molecule has 5 rings (SSSR count). The average molecular weight is 344 g/mol. The summed E-state index contributed by atoms with van der Waals surface area (Å²) in [4.78, 5) is 12.0. The molecular formula is C22H32O3. The Morgan fingerprint density at radius 1 is 1.24 bits per heavy atom. The van der Waals surface area contributed by atoms with Crippen molar-refractivity contribution < 1.29 is 14.6 Å². The van der Waals surface area contributed by atoms with Crippen LogP contribution in [-0.2, 0) is 9.53 Å². The summed E-state index contributed by atoms with van der Waals surface area (Å²) in [5, 5.41) is 9.75. The second kappa shape index (κ2) is 5.19. The van der Waals surface area contributed by atoms with Gasteiger partial charge < -0.3 is 9.84 Å². The zero-order chi connectivity index (χ0) is 17.6. The Kier molecular flexibility index (Phi) is 3.43. The first-order chi connectivity index (χ1) is 11.9. The minimum atomic E-state index is 0.179. The van der Waals surface area contributed by atoms with Crippen molar-refractivity contribution in [2.45, 2.75) is 71.5 Å². The fraction of sp³-hybridized carbons (Fsp3) is 0.864. The molecule has 0 aromatic carbocycles. The van der Waals surface area contributed by atoms with Crippen molar-refractivity contribution in [1.29, 1.82) is 0 Å². The van der Waals surface area contributed by atoms with Crippen LogP contribution in [0.3, 0.4) is 0 Å². The molecule has 0 spiro atoms. The molecule has 4 fully saturated rings. The molecule has 3 saturated carbocycles. The van der Waals surface area contributed by atoms with E-state index < -0.39 is 0 Å². The Labute approximate surface area is 151 Å². The summed E-state index contributed by atoms with van der Waals surface area (Å²) in [5.41, 5.74) is 1.87. The first kappa shape index (κ1) is 16.5. The quantitative estimate of drug-likeness (QED) is 0.776. The SMILES string of the molecule is C[C@H](CO)[C@H]1CC[C@H]2[C@@H]3[C@@H]4O[C@@H]4C4=CC(=O)CC[C@]4(C)[C@H]3CC[C@]12C. The summed E-state index contributed by atoms with van der Waals surface area (Å²) in [5.74, 6) is 3.43. The normalized spacial score (nSPS) is 54.7. The molecule has 0 radical (unpaired) electrons. The highest BCUT2D eigenvalue weighted by Crippen LogP contribution is 2.70. The number of carbonyl (C=O) groups excluding carboxylic acids is 1. The van der Waals surface area contributed by atoms with Crippen LogP contribution in [0.4, 0.5) is 0 Å². The molecule has 0 aromatic heterocycles. The Morgan fingerprint density at radius 2 is 2.04 bits per heavy atom. The van der Waals surface area contributed by atoms with Crippen molar-refractivity contribution in [3.05, 3.63) is 11.6 Å². The zero-order valence-electron chi connectivity index (χ0n) is 15.8. The number of hydrogen-bond acceptors (Lipinski definition) is 3. The van der Waals surface area contributed by atoms with Crippen LogP contribution in [0.1, 0.15) is 59.3 Å². The minimum absolute atomic E-state index is 0.179. The van der Waals surface area contributed by atoms with Gasteiger partial charge in [0.25, 0.3) is 0 Å². The number of aliphatic hydroxyl groups is 1. The van der Waals surface area contributed by atoms with Gasteiger partial charge in [0.1, 0.15) is 6.10 Å². The second-order valence-corrected chi connectivity index (χ2v) is 10.2. The van der Waals surface area contributed by atoms with Crippen molar-refractivity contribution in [3.8, 4) is 0 Å². The fourth-order valence-corrected chi connectivity index (χ4v) is 7.91. The molecule has 9 atom stereocenters. The Hall–Kier alpha value is -0.670. The van der Waals surface area contributed by atoms with Crippen LogP contribution in [0.2, 0.25) is 0 Å². The van der Waals surface area contributed by atoms with Gasteiger partial charge in [-0.2, -0.15) is 0 Å². The number of ether oxygens (including phenoxy) is 1. The van der Waals surface area contributed by atoms with Gasteiger partial charge in [0.15, 0.2) is 5.78 Å². The van der Waals surface area contributed by atoms with Crippen molar-refractivity contribution in [3.63, 3.8) is 0 Å². The van der Waals surface area contributed by atoms with Crippen molar-refractivity contribution in [2.75, 3.05) is 6.61 Å². The van der Waals surface area contributed by atoms with E-state index in [9.17, 15) is 9.90 Å². The highest BCUT2D eigenvalue weighted by Gasteiger charge is 2.69. The van der Waals surface area contributed by atoms with Gasteiger partial charge in [0, 0.05) is 13.0 Å². The summed E-state index contributed by atoms with van der Waals surface area (Å²) in [7, 11) is 0. The third kappa shape index (κ3) is 2.03. The van der Waals surface area contributed by atoms with E-state index >= 15 is 0 Å². The number of fused-ring (bicyclic) bond motifs is 8. The van der Waals surface area contributed by atoms with Crippen molar-refractivity contribution >= 4 is 5.78 Å². The number of epoxide rings is 1. The molecule has 138 valence electrons.